The largest absolute Gasteiger partial charge is 0.310 e. The summed E-state index contributed by atoms with van der Waals surface area (Å²) in [5, 5.41) is 3.33. The second kappa shape index (κ2) is 5.97. The van der Waals surface area contributed by atoms with Crippen LogP contribution in [0.2, 0.25) is 0 Å². The van der Waals surface area contributed by atoms with Crippen molar-refractivity contribution in [1.29, 1.82) is 0 Å². The van der Waals surface area contributed by atoms with E-state index in [2.05, 4.69) is 31.1 Å². The van der Waals surface area contributed by atoms with Gasteiger partial charge in [-0.2, -0.15) is 0 Å². The normalized spacial score (nSPS) is 11.2. The van der Waals surface area contributed by atoms with Gasteiger partial charge in [0.15, 0.2) is 0 Å². The predicted molar refractivity (Wildman–Crippen MR) is 74.9 cm³/mol. The van der Waals surface area contributed by atoms with Crippen LogP contribution in [0.15, 0.2) is 30.6 Å². The van der Waals surface area contributed by atoms with Gasteiger partial charge in [-0.15, -0.1) is 0 Å². The van der Waals surface area contributed by atoms with Crippen molar-refractivity contribution < 1.29 is 4.39 Å². The fraction of sp³-hybridized carbons (Fsp3) is 0.400. The lowest BCUT2D eigenvalue weighted by molar-refractivity contribution is 0.579. The molecule has 1 heterocycles. The number of rotatable bonds is 5. The Morgan fingerprint density at radius 3 is 2.84 bits per heavy atom. The molecule has 2 rings (SSSR count). The van der Waals surface area contributed by atoms with Crippen molar-refractivity contribution in [2.75, 3.05) is 0 Å². The zero-order chi connectivity index (χ0) is 13.8. The first-order valence-electron chi connectivity index (χ1n) is 6.66. The minimum absolute atomic E-state index is 0.206. The molecule has 19 heavy (non-hydrogen) atoms. The maximum atomic E-state index is 13.4. The number of hydrogen-bond donors (Lipinski definition) is 1. The van der Waals surface area contributed by atoms with Crippen LogP contribution >= 0.6 is 0 Å². The van der Waals surface area contributed by atoms with Crippen LogP contribution in [0, 0.1) is 5.82 Å². The molecule has 3 nitrogen and oxygen atoms in total. The second-order valence-electron chi connectivity index (χ2n) is 4.88. The van der Waals surface area contributed by atoms with E-state index < -0.39 is 0 Å². The topological polar surface area (TPSA) is 29.9 Å². The van der Waals surface area contributed by atoms with Gasteiger partial charge in [-0.3, -0.25) is 0 Å². The van der Waals surface area contributed by atoms with E-state index in [0.717, 1.165) is 23.5 Å². The Morgan fingerprint density at radius 1 is 1.37 bits per heavy atom. The van der Waals surface area contributed by atoms with Gasteiger partial charge in [-0.1, -0.05) is 20.8 Å². The summed E-state index contributed by atoms with van der Waals surface area (Å²) in [6.07, 6.45) is 4.55. The maximum absolute atomic E-state index is 13.4. The summed E-state index contributed by atoms with van der Waals surface area (Å²) in [4.78, 5) is 4.32. The van der Waals surface area contributed by atoms with Crippen LogP contribution in [-0.2, 0) is 13.0 Å². The molecular weight excluding hydrogens is 241 g/mol. The van der Waals surface area contributed by atoms with E-state index in [-0.39, 0.29) is 5.82 Å². The van der Waals surface area contributed by atoms with E-state index in [1.807, 2.05) is 16.8 Å². The fourth-order valence-electron chi connectivity index (χ4n) is 2.06. The molecule has 0 saturated carbocycles. The molecular formula is C15H20FN3. The quantitative estimate of drug-likeness (QED) is 0.896. The number of imidazole rings is 1. The Hall–Kier alpha value is -1.68. The van der Waals surface area contributed by atoms with Crippen molar-refractivity contribution in [3.8, 4) is 5.69 Å². The van der Waals surface area contributed by atoms with Crippen molar-refractivity contribution in [1.82, 2.24) is 14.9 Å². The van der Waals surface area contributed by atoms with E-state index in [1.165, 1.54) is 6.07 Å². The second-order valence-corrected chi connectivity index (χ2v) is 4.88. The van der Waals surface area contributed by atoms with Crippen LogP contribution in [0.5, 0.6) is 0 Å². The van der Waals surface area contributed by atoms with Crippen molar-refractivity contribution in [2.45, 2.75) is 39.8 Å². The fourth-order valence-corrected chi connectivity index (χ4v) is 2.06. The lowest BCUT2D eigenvalue weighted by Gasteiger charge is -2.15. The average molecular weight is 261 g/mol. The van der Waals surface area contributed by atoms with Gasteiger partial charge in [-0.05, 0) is 23.8 Å². The van der Waals surface area contributed by atoms with Gasteiger partial charge < -0.3 is 9.88 Å². The van der Waals surface area contributed by atoms with Crippen LogP contribution in [0.3, 0.4) is 0 Å². The van der Waals surface area contributed by atoms with Crippen molar-refractivity contribution in [3.05, 3.63) is 47.8 Å². The molecule has 102 valence electrons. The number of nitrogens with zero attached hydrogens (tertiary/aromatic N) is 2. The summed E-state index contributed by atoms with van der Waals surface area (Å²) in [6.45, 7) is 6.86. The smallest absolute Gasteiger partial charge is 0.123 e. The van der Waals surface area contributed by atoms with Crippen LogP contribution in [0.4, 0.5) is 4.39 Å². The van der Waals surface area contributed by atoms with Gasteiger partial charge in [0.2, 0.25) is 0 Å². The molecule has 0 atom stereocenters. The first kappa shape index (κ1) is 13.7. The molecule has 0 amide bonds. The third-order valence-electron chi connectivity index (χ3n) is 3.04. The number of nitrogens with one attached hydrogen (secondary N) is 1. The minimum Gasteiger partial charge on any atom is -0.310 e. The molecule has 0 saturated heterocycles. The predicted octanol–water partition coefficient (Wildman–Crippen LogP) is 3.07. The molecule has 1 aromatic carbocycles. The summed E-state index contributed by atoms with van der Waals surface area (Å²) in [5.41, 5.74) is 1.94. The summed E-state index contributed by atoms with van der Waals surface area (Å²) in [5.74, 6) is 0.778. The third-order valence-corrected chi connectivity index (χ3v) is 3.04. The Kier molecular flexibility index (Phi) is 4.32. The molecule has 0 aliphatic carbocycles. The first-order chi connectivity index (χ1) is 9.11. The molecule has 1 N–H and O–H groups in total. The summed E-state index contributed by atoms with van der Waals surface area (Å²) in [7, 11) is 0. The number of hydrogen-bond acceptors (Lipinski definition) is 2. The van der Waals surface area contributed by atoms with E-state index in [9.17, 15) is 4.39 Å². The van der Waals surface area contributed by atoms with E-state index >= 15 is 0 Å². The van der Waals surface area contributed by atoms with Gasteiger partial charge in [-0.25, -0.2) is 9.37 Å². The van der Waals surface area contributed by atoms with Crippen LogP contribution < -0.4 is 5.32 Å². The SMILES string of the molecule is CCc1nccn1-c1ccc(F)cc1CNC(C)C. The van der Waals surface area contributed by atoms with Crippen molar-refractivity contribution >= 4 is 0 Å². The summed E-state index contributed by atoms with van der Waals surface area (Å²) < 4.78 is 15.5. The highest BCUT2D eigenvalue weighted by Crippen LogP contribution is 2.18. The highest BCUT2D eigenvalue weighted by atomic mass is 19.1. The highest BCUT2D eigenvalue weighted by Gasteiger charge is 2.09. The summed E-state index contributed by atoms with van der Waals surface area (Å²) in [6, 6.07) is 5.26. The van der Waals surface area contributed by atoms with Gasteiger partial charge in [0.1, 0.15) is 11.6 Å². The number of aromatic nitrogens is 2. The zero-order valence-corrected chi connectivity index (χ0v) is 11.7. The van der Waals surface area contributed by atoms with Gasteiger partial charge >= 0.3 is 0 Å². The zero-order valence-electron chi connectivity index (χ0n) is 11.7. The minimum atomic E-state index is -0.206. The Labute approximate surface area is 113 Å². The molecule has 0 fully saturated rings. The van der Waals surface area contributed by atoms with Gasteiger partial charge in [0, 0.05) is 31.4 Å². The lowest BCUT2D eigenvalue weighted by atomic mass is 10.1. The average Bonchev–Trinajstić information content (AvgIpc) is 2.84. The first-order valence-corrected chi connectivity index (χ1v) is 6.66. The molecule has 0 aliphatic rings. The molecule has 0 spiro atoms. The standard InChI is InChI=1S/C15H20FN3/c1-4-15-17-7-8-19(15)14-6-5-13(16)9-12(14)10-18-11(2)3/h5-9,11,18H,4,10H2,1-3H3. The molecule has 1 aromatic heterocycles. The number of benzene rings is 1. The van der Waals surface area contributed by atoms with Gasteiger partial charge in [0.25, 0.3) is 0 Å². The molecule has 0 aliphatic heterocycles. The van der Waals surface area contributed by atoms with Crippen LogP contribution in [0.1, 0.15) is 32.2 Å². The third kappa shape index (κ3) is 3.20. The van der Waals surface area contributed by atoms with Crippen LogP contribution in [0.25, 0.3) is 5.69 Å². The van der Waals surface area contributed by atoms with Gasteiger partial charge in [0.05, 0.1) is 5.69 Å². The van der Waals surface area contributed by atoms with E-state index in [0.29, 0.717) is 12.6 Å². The monoisotopic (exact) mass is 261 g/mol. The number of aryl methyl sites for hydroxylation is 1. The Balaban J connectivity index is 2.39. The Bertz CT molecular complexity index is 546. The van der Waals surface area contributed by atoms with Crippen LogP contribution in [-0.4, -0.2) is 15.6 Å². The summed E-state index contributed by atoms with van der Waals surface area (Å²) >= 11 is 0. The Morgan fingerprint density at radius 2 is 2.16 bits per heavy atom. The molecule has 0 bridgehead atoms. The molecule has 2 aromatic rings. The number of halogens is 1. The maximum Gasteiger partial charge on any atom is 0.123 e. The molecule has 0 radical (unpaired) electrons. The lowest BCUT2D eigenvalue weighted by Crippen LogP contribution is -2.23. The van der Waals surface area contributed by atoms with Crippen molar-refractivity contribution in [3.63, 3.8) is 0 Å². The molecule has 0 unspecified atom stereocenters. The van der Waals surface area contributed by atoms with E-state index in [1.54, 1.807) is 12.3 Å². The van der Waals surface area contributed by atoms with Crippen molar-refractivity contribution in [2.24, 2.45) is 0 Å². The van der Waals surface area contributed by atoms with E-state index in [4.69, 9.17) is 0 Å². The molecule has 4 heteroatoms. The highest BCUT2D eigenvalue weighted by molar-refractivity contribution is 5.42.